The highest BCUT2D eigenvalue weighted by atomic mass is 31.2. The predicted molar refractivity (Wildman–Crippen MR) is 32.2 cm³/mol. The van der Waals surface area contributed by atoms with Crippen molar-refractivity contribution >= 4 is 13.4 Å². The zero-order valence-electron chi connectivity index (χ0n) is 5.20. The number of allylic oxidation sites excluding steroid dienone is 1. The molecule has 0 saturated heterocycles. The SMILES string of the molecule is O=C(C=C(F)F)CP(=O)(O)O. The second-order valence-corrected chi connectivity index (χ2v) is 3.37. The average Bonchev–Trinajstić information content (AvgIpc) is 1.53. The Morgan fingerprint density at radius 2 is 1.91 bits per heavy atom. The monoisotopic (exact) mass is 186 g/mol. The maximum atomic E-state index is 11.2. The fourth-order valence-corrected chi connectivity index (χ4v) is 0.868. The topological polar surface area (TPSA) is 74.6 Å². The molecule has 0 aliphatic rings. The third-order valence-electron chi connectivity index (χ3n) is 0.632. The van der Waals surface area contributed by atoms with Crippen molar-refractivity contribution in [1.82, 2.24) is 0 Å². The third kappa shape index (κ3) is 7.32. The molecular formula is C4H5F2O4P. The summed E-state index contributed by atoms with van der Waals surface area (Å²) < 4.78 is 32.5. The van der Waals surface area contributed by atoms with Gasteiger partial charge in [0.05, 0.1) is 0 Å². The molecule has 0 heterocycles. The second kappa shape index (κ2) is 3.71. The zero-order chi connectivity index (χ0) is 9.07. The van der Waals surface area contributed by atoms with Gasteiger partial charge in [-0.15, -0.1) is 0 Å². The molecule has 0 saturated carbocycles. The molecule has 0 atom stereocenters. The summed E-state index contributed by atoms with van der Waals surface area (Å²) in [5.41, 5.74) is 0. The summed E-state index contributed by atoms with van der Waals surface area (Å²) in [5, 5.41) is 0. The molecule has 0 spiro atoms. The maximum absolute atomic E-state index is 11.2. The van der Waals surface area contributed by atoms with Crippen LogP contribution < -0.4 is 0 Å². The molecule has 0 aliphatic carbocycles. The van der Waals surface area contributed by atoms with Gasteiger partial charge in [0.25, 0.3) is 6.08 Å². The van der Waals surface area contributed by atoms with E-state index in [1.807, 2.05) is 0 Å². The van der Waals surface area contributed by atoms with Crippen LogP contribution in [0.4, 0.5) is 8.78 Å². The summed E-state index contributed by atoms with van der Waals surface area (Å²) in [7, 11) is -4.51. The van der Waals surface area contributed by atoms with Crippen molar-refractivity contribution in [3.05, 3.63) is 12.2 Å². The van der Waals surface area contributed by atoms with Gasteiger partial charge in [0, 0.05) is 6.08 Å². The molecule has 0 aromatic carbocycles. The molecule has 0 aromatic rings. The molecule has 0 rings (SSSR count). The lowest BCUT2D eigenvalue weighted by molar-refractivity contribution is -0.112. The van der Waals surface area contributed by atoms with Crippen LogP contribution in [0.3, 0.4) is 0 Å². The average molecular weight is 186 g/mol. The molecular weight excluding hydrogens is 181 g/mol. The molecule has 4 nitrogen and oxygen atoms in total. The van der Waals surface area contributed by atoms with Crippen LogP contribution in [0.5, 0.6) is 0 Å². The zero-order valence-corrected chi connectivity index (χ0v) is 6.09. The molecule has 11 heavy (non-hydrogen) atoms. The molecule has 0 unspecified atom stereocenters. The van der Waals surface area contributed by atoms with Crippen molar-refractivity contribution in [2.45, 2.75) is 0 Å². The van der Waals surface area contributed by atoms with Crippen molar-refractivity contribution in [3.8, 4) is 0 Å². The molecule has 0 radical (unpaired) electrons. The summed E-state index contributed by atoms with van der Waals surface area (Å²) in [4.78, 5) is 26.5. The van der Waals surface area contributed by atoms with Crippen molar-refractivity contribution in [2.75, 3.05) is 6.16 Å². The Labute approximate surface area is 60.7 Å². The van der Waals surface area contributed by atoms with Crippen LogP contribution in [0.1, 0.15) is 0 Å². The molecule has 64 valence electrons. The van der Waals surface area contributed by atoms with Crippen molar-refractivity contribution in [3.63, 3.8) is 0 Å². The Hall–Kier alpha value is -0.580. The molecule has 7 heteroatoms. The van der Waals surface area contributed by atoms with Gasteiger partial charge in [-0.1, -0.05) is 0 Å². The number of hydrogen-bond acceptors (Lipinski definition) is 2. The number of ketones is 1. The van der Waals surface area contributed by atoms with Gasteiger partial charge in [-0.3, -0.25) is 9.36 Å². The van der Waals surface area contributed by atoms with Gasteiger partial charge in [-0.25, -0.2) is 0 Å². The summed E-state index contributed by atoms with van der Waals surface area (Å²) in [6, 6.07) is 0. The standard InChI is InChI=1S/C4H5F2O4P/c5-4(6)1-3(7)2-11(8,9)10/h1H,2H2,(H2,8,9,10). The Kier molecular flexibility index (Phi) is 3.51. The van der Waals surface area contributed by atoms with E-state index in [-0.39, 0.29) is 6.08 Å². The van der Waals surface area contributed by atoms with Crippen molar-refractivity contribution in [2.24, 2.45) is 0 Å². The van der Waals surface area contributed by atoms with Crippen LogP contribution >= 0.6 is 7.60 Å². The Morgan fingerprint density at radius 3 is 2.18 bits per heavy atom. The minimum Gasteiger partial charge on any atom is -0.324 e. The van der Waals surface area contributed by atoms with E-state index < -0.39 is 25.6 Å². The minimum atomic E-state index is -4.51. The number of rotatable bonds is 3. The highest BCUT2D eigenvalue weighted by Gasteiger charge is 2.17. The minimum absolute atomic E-state index is 0.112. The number of hydrogen-bond donors (Lipinski definition) is 2. The van der Waals surface area contributed by atoms with Crippen molar-refractivity contribution in [1.29, 1.82) is 0 Å². The van der Waals surface area contributed by atoms with Gasteiger partial charge in [0.2, 0.25) is 0 Å². The predicted octanol–water partition coefficient (Wildman–Crippen LogP) is 0.514. The lowest BCUT2D eigenvalue weighted by Gasteiger charge is -1.97. The second-order valence-electron chi connectivity index (χ2n) is 1.72. The first-order valence-corrected chi connectivity index (χ1v) is 4.21. The van der Waals surface area contributed by atoms with E-state index in [0.717, 1.165) is 0 Å². The van der Waals surface area contributed by atoms with Gasteiger partial charge >= 0.3 is 7.60 Å². The van der Waals surface area contributed by atoms with E-state index in [4.69, 9.17) is 9.79 Å². The van der Waals surface area contributed by atoms with Gasteiger partial charge < -0.3 is 9.79 Å². The molecule has 0 aromatic heterocycles. The highest BCUT2D eigenvalue weighted by molar-refractivity contribution is 7.52. The van der Waals surface area contributed by atoms with Crippen LogP contribution in [-0.2, 0) is 9.36 Å². The molecule has 0 aliphatic heterocycles. The normalized spacial score (nSPS) is 10.9. The number of carbonyl (C=O) groups is 1. The summed E-state index contributed by atoms with van der Waals surface area (Å²) in [5.74, 6) is -1.28. The lowest BCUT2D eigenvalue weighted by Crippen LogP contribution is -2.01. The van der Waals surface area contributed by atoms with E-state index in [1.54, 1.807) is 0 Å². The third-order valence-corrected chi connectivity index (χ3v) is 1.36. The van der Waals surface area contributed by atoms with Gasteiger partial charge in [-0.05, 0) is 0 Å². The Morgan fingerprint density at radius 1 is 1.45 bits per heavy atom. The number of halogens is 2. The Balaban J connectivity index is 4.12. The smallest absolute Gasteiger partial charge is 0.324 e. The lowest BCUT2D eigenvalue weighted by atomic mass is 10.4. The molecule has 0 amide bonds. The molecule has 2 N–H and O–H groups in total. The summed E-state index contributed by atoms with van der Waals surface area (Å²) >= 11 is 0. The van der Waals surface area contributed by atoms with E-state index in [9.17, 15) is 18.1 Å². The molecule has 0 fully saturated rings. The van der Waals surface area contributed by atoms with E-state index in [2.05, 4.69) is 0 Å². The van der Waals surface area contributed by atoms with Crippen molar-refractivity contribution < 1.29 is 27.9 Å². The first-order valence-electron chi connectivity index (χ1n) is 2.41. The largest absolute Gasteiger partial charge is 0.333 e. The summed E-state index contributed by atoms with van der Waals surface area (Å²) in [6.07, 6.45) is -3.55. The maximum Gasteiger partial charge on any atom is 0.333 e. The van der Waals surface area contributed by atoms with Crippen LogP contribution in [0.15, 0.2) is 12.2 Å². The van der Waals surface area contributed by atoms with Crippen LogP contribution in [0, 0.1) is 0 Å². The van der Waals surface area contributed by atoms with Crippen LogP contribution in [0.2, 0.25) is 0 Å². The highest BCUT2D eigenvalue weighted by Crippen LogP contribution is 2.33. The quantitative estimate of drug-likeness (QED) is 0.497. The van der Waals surface area contributed by atoms with E-state index >= 15 is 0 Å². The fourth-order valence-electron chi connectivity index (χ4n) is 0.370. The Bertz CT molecular complexity index is 226. The van der Waals surface area contributed by atoms with Crippen LogP contribution in [-0.4, -0.2) is 21.7 Å². The number of carbonyl (C=O) groups excluding carboxylic acids is 1. The molecule has 0 bridgehead atoms. The van der Waals surface area contributed by atoms with Crippen LogP contribution in [0.25, 0.3) is 0 Å². The first kappa shape index (κ1) is 10.4. The van der Waals surface area contributed by atoms with Gasteiger partial charge in [0.15, 0.2) is 5.78 Å². The van der Waals surface area contributed by atoms with E-state index in [0.29, 0.717) is 0 Å². The van der Waals surface area contributed by atoms with Gasteiger partial charge in [-0.2, -0.15) is 8.78 Å². The van der Waals surface area contributed by atoms with Gasteiger partial charge in [0.1, 0.15) is 6.16 Å². The van der Waals surface area contributed by atoms with E-state index in [1.165, 1.54) is 0 Å². The summed E-state index contributed by atoms with van der Waals surface area (Å²) in [6.45, 7) is 0. The fraction of sp³-hybridized carbons (Fsp3) is 0.250. The first-order chi connectivity index (χ1) is 4.81.